The minimum atomic E-state index is 0.0200. The first-order valence-corrected chi connectivity index (χ1v) is 10.5. The van der Waals surface area contributed by atoms with E-state index < -0.39 is 0 Å². The Morgan fingerprint density at radius 3 is 2.93 bits per heavy atom. The summed E-state index contributed by atoms with van der Waals surface area (Å²) in [4.78, 5) is 14.0. The molecule has 1 amide bonds. The molecule has 0 saturated heterocycles. The van der Waals surface area contributed by atoms with Gasteiger partial charge in [0, 0.05) is 53.5 Å². The van der Waals surface area contributed by atoms with E-state index in [-0.39, 0.29) is 5.91 Å². The summed E-state index contributed by atoms with van der Waals surface area (Å²) in [5.41, 5.74) is 3.99. The van der Waals surface area contributed by atoms with Gasteiger partial charge in [-0.3, -0.25) is 4.79 Å². The third kappa shape index (κ3) is 2.96. The lowest BCUT2D eigenvalue weighted by Crippen LogP contribution is -2.26. The number of carbonyl (C=O) groups excluding carboxylic acids is 1. The number of thiophene rings is 1. The molecule has 5 rings (SSSR count). The van der Waals surface area contributed by atoms with Gasteiger partial charge in [-0.1, -0.05) is 6.07 Å². The monoisotopic (exact) mass is 390 g/mol. The molecule has 1 atom stereocenters. The van der Waals surface area contributed by atoms with E-state index >= 15 is 0 Å². The number of benzene rings is 2. The molecule has 1 N–H and O–H groups in total. The molecule has 2 aromatic carbocycles. The van der Waals surface area contributed by atoms with Crippen LogP contribution in [-0.2, 0) is 12.8 Å². The maximum atomic E-state index is 12.4. The van der Waals surface area contributed by atoms with Gasteiger partial charge in [0.2, 0.25) is 0 Å². The number of furan rings is 1. The molecule has 142 valence electrons. The molecule has 28 heavy (non-hydrogen) atoms. The highest BCUT2D eigenvalue weighted by molar-refractivity contribution is 7.17. The summed E-state index contributed by atoms with van der Waals surface area (Å²) in [6, 6.07) is 14.8. The zero-order valence-corrected chi connectivity index (χ0v) is 16.8. The molecule has 1 aliphatic carbocycles. The van der Waals surface area contributed by atoms with Gasteiger partial charge in [0.1, 0.15) is 11.3 Å². The molecule has 5 heteroatoms. The second-order valence-corrected chi connectivity index (χ2v) is 8.62. The second-order valence-electron chi connectivity index (χ2n) is 7.67. The Labute approximate surface area is 167 Å². The molecule has 0 spiro atoms. The Kier molecular flexibility index (Phi) is 4.13. The number of anilines is 1. The zero-order valence-electron chi connectivity index (χ0n) is 16.0. The molecule has 2 aromatic heterocycles. The van der Waals surface area contributed by atoms with Crippen molar-refractivity contribution in [2.45, 2.75) is 25.3 Å². The van der Waals surface area contributed by atoms with Gasteiger partial charge in [0.05, 0.1) is 0 Å². The normalized spacial score (nSPS) is 16.3. The van der Waals surface area contributed by atoms with Gasteiger partial charge >= 0.3 is 0 Å². The molecule has 1 unspecified atom stereocenters. The number of amides is 1. The summed E-state index contributed by atoms with van der Waals surface area (Å²) in [5, 5.41) is 8.20. The lowest BCUT2D eigenvalue weighted by Gasteiger charge is -2.24. The Hall–Kier alpha value is -2.79. The Morgan fingerprint density at radius 2 is 2.07 bits per heavy atom. The van der Waals surface area contributed by atoms with Crippen molar-refractivity contribution in [1.82, 2.24) is 4.90 Å². The van der Waals surface area contributed by atoms with E-state index in [2.05, 4.69) is 35.0 Å². The molecule has 4 nitrogen and oxygen atoms in total. The Morgan fingerprint density at radius 1 is 1.18 bits per heavy atom. The number of aryl methyl sites for hydroxylation is 1. The Balaban J connectivity index is 1.44. The van der Waals surface area contributed by atoms with E-state index in [9.17, 15) is 4.79 Å². The van der Waals surface area contributed by atoms with Crippen molar-refractivity contribution in [1.29, 1.82) is 0 Å². The third-order valence-corrected chi connectivity index (χ3v) is 6.40. The van der Waals surface area contributed by atoms with Crippen LogP contribution in [0.15, 0.2) is 52.3 Å². The number of hydrogen-bond donors (Lipinski definition) is 1. The first-order chi connectivity index (χ1) is 13.6. The number of nitrogens with one attached hydrogen (secondary N) is 1. The highest BCUT2D eigenvalue weighted by atomic mass is 32.1. The van der Waals surface area contributed by atoms with Crippen molar-refractivity contribution in [2.24, 2.45) is 0 Å². The summed E-state index contributed by atoms with van der Waals surface area (Å²) in [7, 11) is 3.56. The van der Waals surface area contributed by atoms with Crippen molar-refractivity contribution >= 4 is 44.0 Å². The highest BCUT2D eigenvalue weighted by Gasteiger charge is 2.25. The highest BCUT2D eigenvalue weighted by Crippen LogP contribution is 2.34. The van der Waals surface area contributed by atoms with Gasteiger partial charge in [-0.25, -0.2) is 0 Å². The standard InChI is InChI=1S/C23H22N2O2S/c1-25(2)23(26)15-4-7-20-18(11-15)19-12-16(6-8-21(19)27-20)24-17-5-3-14-9-10-28-22(14)13-17/h3-5,7,9-11,13,16,24H,6,8,12H2,1-2H3. The number of fused-ring (bicyclic) bond motifs is 4. The number of nitrogens with zero attached hydrogens (tertiary/aromatic N) is 1. The van der Waals surface area contributed by atoms with Crippen molar-refractivity contribution in [3.63, 3.8) is 0 Å². The van der Waals surface area contributed by atoms with Crippen LogP contribution in [0.2, 0.25) is 0 Å². The smallest absolute Gasteiger partial charge is 0.253 e. The SMILES string of the molecule is CN(C)C(=O)c1ccc2oc3c(c2c1)CC(Nc1ccc2ccsc2c1)CC3. The van der Waals surface area contributed by atoms with E-state index in [1.165, 1.54) is 21.3 Å². The molecular formula is C23H22N2O2S. The van der Waals surface area contributed by atoms with E-state index in [1.807, 2.05) is 18.2 Å². The van der Waals surface area contributed by atoms with Gasteiger partial charge in [-0.2, -0.15) is 0 Å². The number of carbonyl (C=O) groups is 1. The second kappa shape index (κ2) is 6.67. The minimum Gasteiger partial charge on any atom is -0.461 e. The largest absolute Gasteiger partial charge is 0.461 e. The molecule has 1 aliphatic rings. The molecule has 2 heterocycles. The van der Waals surface area contributed by atoms with Gasteiger partial charge in [-0.15, -0.1) is 11.3 Å². The van der Waals surface area contributed by atoms with Gasteiger partial charge in [0.25, 0.3) is 5.91 Å². The minimum absolute atomic E-state index is 0.0200. The van der Waals surface area contributed by atoms with Crippen LogP contribution in [0, 0.1) is 0 Å². The zero-order chi connectivity index (χ0) is 19.3. The molecular weight excluding hydrogens is 368 g/mol. The first-order valence-electron chi connectivity index (χ1n) is 9.58. The lowest BCUT2D eigenvalue weighted by atomic mass is 9.91. The lowest BCUT2D eigenvalue weighted by molar-refractivity contribution is 0.0828. The van der Waals surface area contributed by atoms with E-state index in [1.54, 1.807) is 30.3 Å². The van der Waals surface area contributed by atoms with Gasteiger partial charge in [0.15, 0.2) is 0 Å². The molecule has 0 fully saturated rings. The van der Waals surface area contributed by atoms with Crippen molar-refractivity contribution in [3.05, 3.63) is 64.7 Å². The van der Waals surface area contributed by atoms with Gasteiger partial charge in [-0.05, 0) is 60.0 Å². The summed E-state index contributed by atoms with van der Waals surface area (Å²) in [5.74, 6) is 1.09. The predicted octanol–water partition coefficient (Wildman–Crippen LogP) is 5.32. The predicted molar refractivity (Wildman–Crippen MR) is 115 cm³/mol. The molecule has 4 aromatic rings. The third-order valence-electron chi connectivity index (χ3n) is 5.52. The van der Waals surface area contributed by atoms with Crippen LogP contribution in [0.3, 0.4) is 0 Å². The number of hydrogen-bond acceptors (Lipinski definition) is 4. The van der Waals surface area contributed by atoms with Crippen molar-refractivity contribution in [2.75, 3.05) is 19.4 Å². The van der Waals surface area contributed by atoms with Crippen LogP contribution in [-0.4, -0.2) is 30.9 Å². The summed E-state index contributed by atoms with van der Waals surface area (Å²) in [6.45, 7) is 0. The van der Waals surface area contributed by atoms with Crippen LogP contribution < -0.4 is 5.32 Å². The fourth-order valence-electron chi connectivity index (χ4n) is 4.07. The van der Waals surface area contributed by atoms with Crippen LogP contribution >= 0.6 is 11.3 Å². The number of rotatable bonds is 3. The van der Waals surface area contributed by atoms with Crippen LogP contribution in [0.4, 0.5) is 5.69 Å². The van der Waals surface area contributed by atoms with E-state index in [0.717, 1.165) is 36.0 Å². The Bertz CT molecular complexity index is 1190. The van der Waals surface area contributed by atoms with Crippen molar-refractivity contribution in [3.8, 4) is 0 Å². The molecule has 0 bridgehead atoms. The molecule has 0 radical (unpaired) electrons. The molecule has 0 saturated carbocycles. The maximum absolute atomic E-state index is 12.4. The maximum Gasteiger partial charge on any atom is 0.253 e. The fourth-order valence-corrected chi connectivity index (χ4v) is 4.90. The first kappa shape index (κ1) is 17.3. The summed E-state index contributed by atoms with van der Waals surface area (Å²) >= 11 is 1.77. The molecule has 0 aliphatic heterocycles. The van der Waals surface area contributed by atoms with Crippen LogP contribution in [0.25, 0.3) is 21.1 Å². The average molecular weight is 391 g/mol. The van der Waals surface area contributed by atoms with E-state index in [0.29, 0.717) is 11.6 Å². The van der Waals surface area contributed by atoms with Crippen LogP contribution in [0.1, 0.15) is 28.1 Å². The topological polar surface area (TPSA) is 45.5 Å². The summed E-state index contributed by atoms with van der Waals surface area (Å²) in [6.07, 6.45) is 2.86. The van der Waals surface area contributed by atoms with Crippen molar-refractivity contribution < 1.29 is 9.21 Å². The quantitative estimate of drug-likeness (QED) is 0.515. The fraction of sp³-hybridized carbons (Fsp3) is 0.261. The average Bonchev–Trinajstić information content (AvgIpc) is 3.30. The van der Waals surface area contributed by atoms with Crippen LogP contribution in [0.5, 0.6) is 0 Å². The summed E-state index contributed by atoms with van der Waals surface area (Å²) < 4.78 is 7.39. The van der Waals surface area contributed by atoms with Gasteiger partial charge < -0.3 is 14.6 Å². The van der Waals surface area contributed by atoms with E-state index in [4.69, 9.17) is 4.42 Å².